The highest BCUT2D eigenvalue weighted by atomic mass is 15.5. The van der Waals surface area contributed by atoms with Gasteiger partial charge in [0.25, 0.3) is 0 Å². The van der Waals surface area contributed by atoms with Gasteiger partial charge in [-0.1, -0.05) is 69.3 Å². The standard InChI is InChI=1S/C21H24N2/c1-16-18(17-10-6-5-7-11-17)12-13-19(21(2,3)4)20(16)23-15-9-8-14-22-23/h5-14H,15H2,1-4H3. The third-order valence-electron chi connectivity index (χ3n) is 4.29. The van der Waals surface area contributed by atoms with E-state index in [0.29, 0.717) is 0 Å². The molecule has 118 valence electrons. The summed E-state index contributed by atoms with van der Waals surface area (Å²) in [5.74, 6) is 0. The highest BCUT2D eigenvalue weighted by Gasteiger charge is 2.24. The average Bonchev–Trinajstić information content (AvgIpc) is 2.55. The Morgan fingerprint density at radius 3 is 2.35 bits per heavy atom. The van der Waals surface area contributed by atoms with E-state index in [2.05, 4.69) is 86.3 Å². The zero-order valence-corrected chi connectivity index (χ0v) is 14.4. The van der Waals surface area contributed by atoms with Crippen molar-refractivity contribution in [3.05, 3.63) is 65.7 Å². The monoisotopic (exact) mass is 304 g/mol. The maximum Gasteiger partial charge on any atom is 0.0670 e. The summed E-state index contributed by atoms with van der Waals surface area (Å²) >= 11 is 0. The van der Waals surface area contributed by atoms with Crippen LogP contribution in [0.5, 0.6) is 0 Å². The number of hydrogen-bond donors (Lipinski definition) is 0. The van der Waals surface area contributed by atoms with E-state index in [1.165, 1.54) is 27.9 Å². The average molecular weight is 304 g/mol. The molecule has 0 saturated carbocycles. The van der Waals surface area contributed by atoms with Gasteiger partial charge in [-0.05, 0) is 40.7 Å². The molecule has 2 aromatic carbocycles. The molecule has 0 radical (unpaired) electrons. The first-order valence-corrected chi connectivity index (χ1v) is 8.14. The van der Waals surface area contributed by atoms with Crippen molar-refractivity contribution in [3.63, 3.8) is 0 Å². The number of hydrogen-bond acceptors (Lipinski definition) is 2. The maximum atomic E-state index is 4.59. The lowest BCUT2D eigenvalue weighted by Gasteiger charge is -2.31. The molecule has 2 nitrogen and oxygen atoms in total. The van der Waals surface area contributed by atoms with E-state index < -0.39 is 0 Å². The Bertz CT molecular complexity index is 749. The molecule has 0 amide bonds. The van der Waals surface area contributed by atoms with Gasteiger partial charge in [0.1, 0.15) is 0 Å². The van der Waals surface area contributed by atoms with Gasteiger partial charge >= 0.3 is 0 Å². The molecule has 0 N–H and O–H groups in total. The summed E-state index contributed by atoms with van der Waals surface area (Å²) in [5.41, 5.74) is 6.46. The minimum absolute atomic E-state index is 0.0754. The number of allylic oxidation sites excluding steroid dienone is 1. The smallest absolute Gasteiger partial charge is 0.0670 e. The minimum Gasteiger partial charge on any atom is -0.261 e. The SMILES string of the molecule is Cc1c(-c2ccccc2)ccc(C(C)(C)C)c1N1CC=CC=N1. The van der Waals surface area contributed by atoms with Crippen molar-refractivity contribution in [2.75, 3.05) is 11.6 Å². The molecule has 0 atom stereocenters. The van der Waals surface area contributed by atoms with Crippen LogP contribution >= 0.6 is 0 Å². The molecule has 0 bridgehead atoms. The first-order valence-electron chi connectivity index (χ1n) is 8.14. The lowest BCUT2D eigenvalue weighted by Crippen LogP contribution is -2.25. The van der Waals surface area contributed by atoms with Crippen LogP contribution < -0.4 is 5.01 Å². The van der Waals surface area contributed by atoms with E-state index in [4.69, 9.17) is 0 Å². The van der Waals surface area contributed by atoms with Crippen LogP contribution in [-0.4, -0.2) is 12.8 Å². The predicted octanol–water partition coefficient (Wildman–Crippen LogP) is 5.32. The van der Waals surface area contributed by atoms with Crippen LogP contribution in [0.2, 0.25) is 0 Å². The molecule has 3 rings (SSSR count). The third kappa shape index (κ3) is 3.07. The number of nitrogens with zero attached hydrogens (tertiary/aromatic N) is 2. The van der Waals surface area contributed by atoms with E-state index in [-0.39, 0.29) is 5.41 Å². The number of hydrazone groups is 1. The molecule has 0 aromatic heterocycles. The number of benzene rings is 2. The predicted molar refractivity (Wildman–Crippen MR) is 100 cm³/mol. The molecular weight excluding hydrogens is 280 g/mol. The van der Waals surface area contributed by atoms with Crippen molar-refractivity contribution in [1.29, 1.82) is 0 Å². The van der Waals surface area contributed by atoms with Crippen LogP contribution in [0.4, 0.5) is 5.69 Å². The molecule has 0 saturated heterocycles. The third-order valence-corrected chi connectivity index (χ3v) is 4.29. The van der Waals surface area contributed by atoms with Gasteiger partial charge < -0.3 is 0 Å². The molecule has 1 heterocycles. The largest absolute Gasteiger partial charge is 0.261 e. The first kappa shape index (κ1) is 15.5. The quantitative estimate of drug-likeness (QED) is 0.733. The van der Waals surface area contributed by atoms with E-state index in [0.717, 1.165) is 6.54 Å². The number of anilines is 1. The van der Waals surface area contributed by atoms with Gasteiger partial charge in [-0.25, -0.2) is 0 Å². The first-order chi connectivity index (χ1) is 11.0. The molecule has 0 aliphatic carbocycles. The minimum atomic E-state index is 0.0754. The fourth-order valence-corrected chi connectivity index (χ4v) is 3.11. The summed E-state index contributed by atoms with van der Waals surface area (Å²) in [6.07, 6.45) is 6.02. The second-order valence-electron chi connectivity index (χ2n) is 7.03. The van der Waals surface area contributed by atoms with Crippen molar-refractivity contribution < 1.29 is 0 Å². The summed E-state index contributed by atoms with van der Waals surface area (Å²) in [6.45, 7) is 9.81. The van der Waals surface area contributed by atoms with E-state index in [1.54, 1.807) is 0 Å². The fourth-order valence-electron chi connectivity index (χ4n) is 3.11. The van der Waals surface area contributed by atoms with E-state index >= 15 is 0 Å². The zero-order chi connectivity index (χ0) is 16.4. The normalized spacial score (nSPS) is 14.3. The summed E-state index contributed by atoms with van der Waals surface area (Å²) in [5, 5.41) is 6.70. The van der Waals surface area contributed by atoms with Crippen LogP contribution in [0.15, 0.2) is 59.7 Å². The van der Waals surface area contributed by atoms with Crippen molar-refractivity contribution in [1.82, 2.24) is 0 Å². The van der Waals surface area contributed by atoms with Gasteiger partial charge in [0.2, 0.25) is 0 Å². The van der Waals surface area contributed by atoms with E-state index in [1.807, 2.05) is 12.3 Å². The zero-order valence-electron chi connectivity index (χ0n) is 14.4. The Morgan fingerprint density at radius 2 is 1.74 bits per heavy atom. The van der Waals surface area contributed by atoms with Crippen LogP contribution in [0, 0.1) is 6.92 Å². The van der Waals surface area contributed by atoms with Crippen LogP contribution in [0.1, 0.15) is 31.9 Å². The topological polar surface area (TPSA) is 15.6 Å². The van der Waals surface area contributed by atoms with Crippen LogP contribution in [0.3, 0.4) is 0 Å². The molecule has 0 spiro atoms. The molecule has 23 heavy (non-hydrogen) atoms. The summed E-state index contributed by atoms with van der Waals surface area (Å²) in [7, 11) is 0. The Kier molecular flexibility index (Phi) is 4.08. The second-order valence-corrected chi connectivity index (χ2v) is 7.03. The number of rotatable bonds is 2. The fraction of sp³-hybridized carbons (Fsp3) is 0.286. The van der Waals surface area contributed by atoms with Gasteiger partial charge in [-0.2, -0.15) is 5.10 Å². The Balaban J connectivity index is 2.20. The molecule has 1 aliphatic heterocycles. The summed E-state index contributed by atoms with van der Waals surface area (Å²) < 4.78 is 0. The molecular formula is C21H24N2. The van der Waals surface area contributed by atoms with Crippen molar-refractivity contribution in [2.24, 2.45) is 5.10 Å². The van der Waals surface area contributed by atoms with Crippen molar-refractivity contribution >= 4 is 11.9 Å². The molecule has 1 aliphatic rings. The van der Waals surface area contributed by atoms with Gasteiger partial charge in [0.05, 0.1) is 12.2 Å². The summed E-state index contributed by atoms with van der Waals surface area (Å²) in [4.78, 5) is 0. The van der Waals surface area contributed by atoms with Gasteiger partial charge in [-0.15, -0.1) is 0 Å². The molecule has 2 aromatic rings. The lowest BCUT2D eigenvalue weighted by atomic mass is 9.82. The van der Waals surface area contributed by atoms with Crippen LogP contribution in [-0.2, 0) is 5.41 Å². The lowest BCUT2D eigenvalue weighted by molar-refractivity contribution is 0.587. The second kappa shape index (κ2) is 6.04. The maximum absolute atomic E-state index is 4.59. The Labute approximate surface area is 139 Å². The van der Waals surface area contributed by atoms with Crippen molar-refractivity contribution in [2.45, 2.75) is 33.1 Å². The highest BCUT2D eigenvalue weighted by Crippen LogP contribution is 2.39. The van der Waals surface area contributed by atoms with Gasteiger partial charge in [0, 0.05) is 6.21 Å². The molecule has 0 unspecified atom stereocenters. The van der Waals surface area contributed by atoms with Crippen LogP contribution in [0.25, 0.3) is 11.1 Å². The Hall–Kier alpha value is -2.35. The van der Waals surface area contributed by atoms with E-state index in [9.17, 15) is 0 Å². The molecule has 2 heteroatoms. The highest BCUT2D eigenvalue weighted by molar-refractivity contribution is 5.80. The summed E-state index contributed by atoms with van der Waals surface area (Å²) in [6, 6.07) is 15.1. The Morgan fingerprint density at radius 1 is 1.00 bits per heavy atom. The molecule has 0 fully saturated rings. The van der Waals surface area contributed by atoms with Gasteiger partial charge in [0.15, 0.2) is 0 Å². The van der Waals surface area contributed by atoms with Crippen molar-refractivity contribution in [3.8, 4) is 11.1 Å². The van der Waals surface area contributed by atoms with Gasteiger partial charge in [-0.3, -0.25) is 5.01 Å².